The Hall–Kier alpha value is -0.490. The van der Waals surface area contributed by atoms with Crippen LogP contribution in [0.15, 0.2) is 15.0 Å². The zero-order valence-corrected chi connectivity index (χ0v) is 7.58. The molecular weight excluding hydrogens is 184 g/mol. The normalized spacial score (nSPS) is 21.2. The Balaban J connectivity index is 3.03. The first-order chi connectivity index (χ1) is 5.08. The molecule has 0 unspecified atom stereocenters. The van der Waals surface area contributed by atoms with Crippen molar-refractivity contribution in [3.63, 3.8) is 0 Å². The van der Waals surface area contributed by atoms with Crippen LogP contribution in [0.3, 0.4) is 0 Å². The standard InChI is InChI=1S/C5H8N2O2S2/c1-10-3-5-4(6)2-7-11(5,8)9/h2H,3,6H2,1H3. The number of hydrogen-bond acceptors (Lipinski definition) is 4. The van der Waals surface area contributed by atoms with Gasteiger partial charge in [0.15, 0.2) is 0 Å². The van der Waals surface area contributed by atoms with E-state index in [0.717, 1.165) is 0 Å². The number of nitrogens with two attached hydrogens (primary N) is 1. The quantitative estimate of drug-likeness (QED) is 0.665. The van der Waals surface area contributed by atoms with Gasteiger partial charge in [0.1, 0.15) is 4.91 Å². The lowest BCUT2D eigenvalue weighted by molar-refractivity contribution is 0.605. The average molecular weight is 192 g/mol. The monoisotopic (exact) mass is 192 g/mol. The zero-order valence-electron chi connectivity index (χ0n) is 5.94. The number of sulfonamides is 1. The van der Waals surface area contributed by atoms with Gasteiger partial charge < -0.3 is 5.73 Å². The number of hydrogen-bond donors (Lipinski definition) is 1. The summed E-state index contributed by atoms with van der Waals surface area (Å²) in [7, 11) is -3.40. The van der Waals surface area contributed by atoms with Gasteiger partial charge in [-0.1, -0.05) is 0 Å². The van der Waals surface area contributed by atoms with Crippen molar-refractivity contribution in [2.45, 2.75) is 0 Å². The van der Waals surface area contributed by atoms with E-state index in [9.17, 15) is 8.42 Å². The molecular formula is C5H8N2O2S2. The molecule has 1 aliphatic heterocycles. The number of rotatable bonds is 2. The first kappa shape index (κ1) is 8.61. The van der Waals surface area contributed by atoms with Gasteiger partial charge in [-0.25, -0.2) is 0 Å². The van der Waals surface area contributed by atoms with Gasteiger partial charge in [-0.2, -0.15) is 24.6 Å². The average Bonchev–Trinajstić information content (AvgIpc) is 2.16. The molecule has 2 N–H and O–H groups in total. The number of allylic oxidation sites excluding steroid dienone is 1. The smallest absolute Gasteiger partial charge is 0.281 e. The predicted molar refractivity (Wildman–Crippen MR) is 47.0 cm³/mol. The van der Waals surface area contributed by atoms with Crippen molar-refractivity contribution in [2.75, 3.05) is 12.0 Å². The van der Waals surface area contributed by atoms with Gasteiger partial charge in [0, 0.05) is 5.75 Å². The Morgan fingerprint density at radius 2 is 2.36 bits per heavy atom. The summed E-state index contributed by atoms with van der Waals surface area (Å²) in [6, 6.07) is 0. The predicted octanol–water partition coefficient (Wildman–Crippen LogP) is -0.0661. The molecule has 4 nitrogen and oxygen atoms in total. The molecule has 0 aromatic carbocycles. The van der Waals surface area contributed by atoms with Crippen LogP contribution in [0.1, 0.15) is 0 Å². The SMILES string of the molecule is CSCC1=C(N)C=NS1(=O)=O. The molecule has 0 saturated carbocycles. The minimum absolute atomic E-state index is 0.227. The fourth-order valence-corrected chi connectivity index (χ4v) is 2.81. The molecule has 0 spiro atoms. The summed E-state index contributed by atoms with van der Waals surface area (Å²) in [4.78, 5) is 0.227. The van der Waals surface area contributed by atoms with Crippen molar-refractivity contribution in [1.82, 2.24) is 0 Å². The Kier molecular flexibility index (Phi) is 2.24. The maximum absolute atomic E-state index is 11.0. The van der Waals surface area contributed by atoms with Gasteiger partial charge in [-0.05, 0) is 6.26 Å². The number of thioether (sulfide) groups is 1. The third kappa shape index (κ3) is 1.57. The van der Waals surface area contributed by atoms with Crippen LogP contribution in [-0.4, -0.2) is 26.6 Å². The van der Waals surface area contributed by atoms with Crippen molar-refractivity contribution in [3.8, 4) is 0 Å². The molecule has 1 rings (SSSR count). The molecule has 0 saturated heterocycles. The molecule has 62 valence electrons. The maximum Gasteiger partial charge on any atom is 0.281 e. The van der Waals surface area contributed by atoms with Crippen LogP contribution in [-0.2, 0) is 10.0 Å². The fourth-order valence-electron chi connectivity index (χ4n) is 0.700. The van der Waals surface area contributed by atoms with Gasteiger partial charge >= 0.3 is 0 Å². The second-order valence-corrected chi connectivity index (χ2v) is 4.54. The Bertz CT molecular complexity index is 315. The molecule has 0 aromatic heterocycles. The molecule has 0 amide bonds. The molecule has 0 radical (unpaired) electrons. The number of nitrogens with zero attached hydrogens (tertiary/aromatic N) is 1. The topological polar surface area (TPSA) is 72.5 Å². The van der Waals surface area contributed by atoms with Crippen LogP contribution in [0.4, 0.5) is 0 Å². The van der Waals surface area contributed by atoms with E-state index in [2.05, 4.69) is 4.40 Å². The van der Waals surface area contributed by atoms with Crippen LogP contribution in [0.2, 0.25) is 0 Å². The van der Waals surface area contributed by atoms with Gasteiger partial charge in [0.25, 0.3) is 10.0 Å². The summed E-state index contributed by atoms with van der Waals surface area (Å²) in [5.74, 6) is 0.397. The van der Waals surface area contributed by atoms with Gasteiger partial charge in [-0.3, -0.25) is 0 Å². The molecule has 0 aliphatic carbocycles. The largest absolute Gasteiger partial charge is 0.397 e. The third-order valence-corrected chi connectivity index (χ3v) is 3.39. The van der Waals surface area contributed by atoms with E-state index in [-0.39, 0.29) is 10.6 Å². The highest BCUT2D eigenvalue weighted by molar-refractivity contribution is 8.01. The molecule has 0 fully saturated rings. The lowest BCUT2D eigenvalue weighted by Gasteiger charge is -1.97. The molecule has 0 aromatic rings. The van der Waals surface area contributed by atoms with Crippen LogP contribution >= 0.6 is 11.8 Å². The summed E-state index contributed by atoms with van der Waals surface area (Å²) in [6.45, 7) is 0. The van der Waals surface area contributed by atoms with Gasteiger partial charge in [-0.15, -0.1) is 0 Å². The Morgan fingerprint density at radius 1 is 1.73 bits per heavy atom. The van der Waals surface area contributed by atoms with E-state index in [1.165, 1.54) is 18.0 Å². The van der Waals surface area contributed by atoms with E-state index in [4.69, 9.17) is 5.73 Å². The second-order valence-electron chi connectivity index (χ2n) is 2.02. The Morgan fingerprint density at radius 3 is 2.73 bits per heavy atom. The lowest BCUT2D eigenvalue weighted by atomic mass is 10.5. The molecule has 0 bridgehead atoms. The highest BCUT2D eigenvalue weighted by Gasteiger charge is 2.23. The summed E-state index contributed by atoms with van der Waals surface area (Å²) in [5.41, 5.74) is 5.64. The minimum Gasteiger partial charge on any atom is -0.397 e. The lowest BCUT2D eigenvalue weighted by Crippen LogP contribution is -2.05. The fraction of sp³-hybridized carbons (Fsp3) is 0.400. The van der Waals surface area contributed by atoms with Crippen LogP contribution in [0.25, 0.3) is 0 Å². The van der Waals surface area contributed by atoms with Crippen molar-refractivity contribution in [2.24, 2.45) is 10.1 Å². The summed E-state index contributed by atoms with van der Waals surface area (Å²) < 4.78 is 25.3. The molecule has 1 heterocycles. The molecule has 1 aliphatic rings. The summed E-state index contributed by atoms with van der Waals surface area (Å²) >= 11 is 1.41. The van der Waals surface area contributed by atoms with Crippen molar-refractivity contribution < 1.29 is 8.42 Å². The van der Waals surface area contributed by atoms with Crippen LogP contribution in [0.5, 0.6) is 0 Å². The second kappa shape index (κ2) is 2.86. The first-order valence-electron chi connectivity index (χ1n) is 2.86. The minimum atomic E-state index is -3.40. The van der Waals surface area contributed by atoms with Crippen LogP contribution in [0, 0.1) is 0 Å². The molecule has 11 heavy (non-hydrogen) atoms. The van der Waals surface area contributed by atoms with E-state index in [0.29, 0.717) is 5.75 Å². The first-order valence-corrected chi connectivity index (χ1v) is 5.69. The van der Waals surface area contributed by atoms with Crippen molar-refractivity contribution >= 4 is 28.0 Å². The highest BCUT2D eigenvalue weighted by atomic mass is 32.2. The maximum atomic E-state index is 11.0. The third-order valence-electron chi connectivity index (χ3n) is 1.24. The van der Waals surface area contributed by atoms with E-state index < -0.39 is 10.0 Å². The highest BCUT2D eigenvalue weighted by Crippen LogP contribution is 2.19. The summed E-state index contributed by atoms with van der Waals surface area (Å²) in [5, 5.41) is 0. The van der Waals surface area contributed by atoms with Gasteiger partial charge in [0.2, 0.25) is 0 Å². The van der Waals surface area contributed by atoms with E-state index >= 15 is 0 Å². The molecule has 0 atom stereocenters. The van der Waals surface area contributed by atoms with Crippen LogP contribution < -0.4 is 5.73 Å². The van der Waals surface area contributed by atoms with Crippen molar-refractivity contribution in [3.05, 3.63) is 10.6 Å². The molecule has 6 heteroatoms. The van der Waals surface area contributed by atoms with Gasteiger partial charge in [0.05, 0.1) is 11.9 Å². The van der Waals surface area contributed by atoms with E-state index in [1.54, 1.807) is 0 Å². The van der Waals surface area contributed by atoms with E-state index in [1.807, 2.05) is 6.26 Å². The summed E-state index contributed by atoms with van der Waals surface area (Å²) in [6.07, 6.45) is 3.00. The van der Waals surface area contributed by atoms with Crippen molar-refractivity contribution in [1.29, 1.82) is 0 Å². The zero-order chi connectivity index (χ0) is 8.48. The Labute approximate surface area is 69.6 Å².